The van der Waals surface area contributed by atoms with Crippen molar-refractivity contribution in [2.75, 3.05) is 32.7 Å². The lowest BCUT2D eigenvalue weighted by molar-refractivity contribution is -0.120. The van der Waals surface area contributed by atoms with Crippen LogP contribution in [-0.4, -0.2) is 55.2 Å². The van der Waals surface area contributed by atoms with Crippen LogP contribution >= 0.6 is 0 Å². The van der Waals surface area contributed by atoms with Crippen molar-refractivity contribution in [1.29, 1.82) is 0 Å². The molecule has 21 heavy (non-hydrogen) atoms. The molecule has 0 spiro atoms. The van der Waals surface area contributed by atoms with E-state index in [-0.39, 0.29) is 12.0 Å². The van der Waals surface area contributed by atoms with Gasteiger partial charge in [0, 0.05) is 19.6 Å². The summed E-state index contributed by atoms with van der Waals surface area (Å²) in [7, 11) is 0. The van der Waals surface area contributed by atoms with Gasteiger partial charge >= 0.3 is 6.09 Å². The molecule has 0 aliphatic carbocycles. The molecule has 0 atom stereocenters. The first-order valence-corrected chi connectivity index (χ1v) is 7.77. The van der Waals surface area contributed by atoms with Crippen LogP contribution in [0.15, 0.2) is 0 Å². The number of nitrogens with one attached hydrogen (secondary N) is 2. The average molecular weight is 299 g/mol. The number of hydrogen-bond acceptors (Lipinski definition) is 4. The Hall–Kier alpha value is -1.30. The summed E-state index contributed by atoms with van der Waals surface area (Å²) in [6.07, 6.45) is 1.67. The molecule has 1 rings (SSSR count). The van der Waals surface area contributed by atoms with Crippen LogP contribution in [-0.2, 0) is 9.53 Å². The van der Waals surface area contributed by atoms with E-state index in [1.54, 1.807) is 4.90 Å². The van der Waals surface area contributed by atoms with Crippen molar-refractivity contribution in [2.24, 2.45) is 5.92 Å². The van der Waals surface area contributed by atoms with E-state index in [1.165, 1.54) is 0 Å². The van der Waals surface area contributed by atoms with Gasteiger partial charge in [-0.25, -0.2) is 4.79 Å². The molecule has 2 amide bonds. The number of ether oxygens (including phenoxy) is 1. The Morgan fingerprint density at radius 2 is 1.86 bits per heavy atom. The third-order valence-corrected chi connectivity index (χ3v) is 3.36. The van der Waals surface area contributed by atoms with Crippen molar-refractivity contribution in [1.82, 2.24) is 15.5 Å². The number of hydrogen-bond donors (Lipinski definition) is 2. The molecule has 0 unspecified atom stereocenters. The van der Waals surface area contributed by atoms with E-state index in [2.05, 4.69) is 10.6 Å². The maximum Gasteiger partial charge on any atom is 0.410 e. The lowest BCUT2D eigenvalue weighted by Crippen LogP contribution is -2.44. The van der Waals surface area contributed by atoms with Gasteiger partial charge in [0.15, 0.2) is 0 Å². The van der Waals surface area contributed by atoms with Crippen LogP contribution in [0.1, 0.15) is 40.5 Å². The second-order valence-electron chi connectivity index (χ2n) is 6.50. The Kier molecular flexibility index (Phi) is 6.95. The molecule has 0 aromatic rings. The number of amides is 2. The van der Waals surface area contributed by atoms with Gasteiger partial charge in [-0.3, -0.25) is 4.79 Å². The van der Waals surface area contributed by atoms with Crippen LogP contribution < -0.4 is 10.6 Å². The van der Waals surface area contributed by atoms with Crippen LogP contribution in [0.25, 0.3) is 0 Å². The van der Waals surface area contributed by atoms with Gasteiger partial charge in [-0.1, -0.05) is 0 Å². The highest BCUT2D eigenvalue weighted by atomic mass is 16.6. The van der Waals surface area contributed by atoms with E-state index < -0.39 is 5.60 Å². The molecule has 0 saturated carbocycles. The molecule has 1 heterocycles. The molecule has 0 bridgehead atoms. The van der Waals surface area contributed by atoms with Crippen LogP contribution in [0.5, 0.6) is 0 Å². The number of likely N-dealkylation sites (tertiary alicyclic amines) is 1. The van der Waals surface area contributed by atoms with Crippen molar-refractivity contribution in [3.8, 4) is 0 Å². The predicted octanol–water partition coefficient (Wildman–Crippen LogP) is 1.36. The van der Waals surface area contributed by atoms with E-state index in [0.29, 0.717) is 19.0 Å². The van der Waals surface area contributed by atoms with Gasteiger partial charge in [-0.15, -0.1) is 0 Å². The highest BCUT2D eigenvalue weighted by molar-refractivity contribution is 5.77. The van der Waals surface area contributed by atoms with E-state index in [4.69, 9.17) is 4.74 Å². The maximum absolute atomic E-state index is 11.9. The number of nitrogens with zero attached hydrogens (tertiary/aromatic N) is 1. The minimum Gasteiger partial charge on any atom is -0.444 e. The fraction of sp³-hybridized carbons (Fsp3) is 0.867. The summed E-state index contributed by atoms with van der Waals surface area (Å²) in [5, 5.41) is 5.93. The zero-order valence-corrected chi connectivity index (χ0v) is 13.7. The lowest BCUT2D eigenvalue weighted by Gasteiger charge is -2.33. The van der Waals surface area contributed by atoms with Gasteiger partial charge in [-0.2, -0.15) is 0 Å². The summed E-state index contributed by atoms with van der Waals surface area (Å²) in [4.78, 5) is 25.0. The highest BCUT2D eigenvalue weighted by Crippen LogP contribution is 2.19. The molecular formula is C15H29N3O3. The summed E-state index contributed by atoms with van der Waals surface area (Å²) in [6.45, 7) is 10.8. The second kappa shape index (κ2) is 8.22. The quantitative estimate of drug-likeness (QED) is 0.804. The summed E-state index contributed by atoms with van der Waals surface area (Å²) < 4.78 is 5.37. The third-order valence-electron chi connectivity index (χ3n) is 3.36. The molecule has 1 fully saturated rings. The van der Waals surface area contributed by atoms with Crippen LogP contribution in [0.2, 0.25) is 0 Å². The Balaban J connectivity index is 2.20. The first-order valence-electron chi connectivity index (χ1n) is 7.77. The van der Waals surface area contributed by atoms with Crippen molar-refractivity contribution >= 4 is 12.0 Å². The van der Waals surface area contributed by atoms with Crippen LogP contribution in [0, 0.1) is 5.92 Å². The number of piperidine rings is 1. The van der Waals surface area contributed by atoms with Crippen molar-refractivity contribution in [3.63, 3.8) is 0 Å². The standard InChI is InChI=1S/C15H29N3O3/c1-5-17-13(19)11-16-10-12-6-8-18(9-7-12)14(20)21-15(2,3)4/h12,16H,5-11H2,1-4H3,(H,17,19). The fourth-order valence-electron chi connectivity index (χ4n) is 2.30. The lowest BCUT2D eigenvalue weighted by atomic mass is 9.97. The second-order valence-corrected chi connectivity index (χ2v) is 6.50. The number of carbonyl (C=O) groups excluding carboxylic acids is 2. The predicted molar refractivity (Wildman–Crippen MR) is 82.1 cm³/mol. The fourth-order valence-corrected chi connectivity index (χ4v) is 2.30. The third kappa shape index (κ3) is 7.32. The Bertz CT molecular complexity index is 345. The summed E-state index contributed by atoms with van der Waals surface area (Å²) in [6, 6.07) is 0. The van der Waals surface area contributed by atoms with E-state index >= 15 is 0 Å². The Morgan fingerprint density at radius 3 is 2.38 bits per heavy atom. The molecular weight excluding hydrogens is 270 g/mol. The Morgan fingerprint density at radius 1 is 1.24 bits per heavy atom. The normalized spacial score (nSPS) is 16.7. The van der Waals surface area contributed by atoms with Gasteiger partial charge in [0.1, 0.15) is 5.60 Å². The first kappa shape index (κ1) is 17.8. The molecule has 0 aromatic heterocycles. The average Bonchev–Trinajstić information content (AvgIpc) is 2.38. The van der Waals surface area contributed by atoms with Crippen molar-refractivity contribution < 1.29 is 14.3 Å². The minimum atomic E-state index is -0.442. The molecule has 2 N–H and O–H groups in total. The number of likely N-dealkylation sites (N-methyl/N-ethyl adjacent to an activating group) is 1. The minimum absolute atomic E-state index is 0.0312. The molecule has 1 aliphatic heterocycles. The topological polar surface area (TPSA) is 70.7 Å². The van der Waals surface area contributed by atoms with E-state index in [0.717, 1.165) is 32.5 Å². The summed E-state index contributed by atoms with van der Waals surface area (Å²) >= 11 is 0. The molecule has 6 nitrogen and oxygen atoms in total. The van der Waals surface area contributed by atoms with E-state index in [1.807, 2.05) is 27.7 Å². The van der Waals surface area contributed by atoms with Crippen LogP contribution in [0.4, 0.5) is 4.79 Å². The van der Waals surface area contributed by atoms with Gasteiger partial charge < -0.3 is 20.3 Å². The van der Waals surface area contributed by atoms with Gasteiger partial charge in [0.25, 0.3) is 0 Å². The van der Waals surface area contributed by atoms with Crippen LogP contribution in [0.3, 0.4) is 0 Å². The molecule has 0 aromatic carbocycles. The molecule has 122 valence electrons. The number of rotatable bonds is 5. The zero-order chi connectivity index (χ0) is 15.9. The smallest absolute Gasteiger partial charge is 0.410 e. The highest BCUT2D eigenvalue weighted by Gasteiger charge is 2.26. The van der Waals surface area contributed by atoms with Crippen molar-refractivity contribution in [2.45, 2.75) is 46.1 Å². The summed E-state index contributed by atoms with van der Waals surface area (Å²) in [5.74, 6) is 0.543. The van der Waals surface area contributed by atoms with Gasteiger partial charge in [-0.05, 0) is 53.0 Å². The summed E-state index contributed by atoms with van der Waals surface area (Å²) in [5.41, 5.74) is -0.442. The SMILES string of the molecule is CCNC(=O)CNCC1CCN(C(=O)OC(C)(C)C)CC1. The molecule has 1 aliphatic rings. The zero-order valence-electron chi connectivity index (χ0n) is 13.7. The molecule has 1 saturated heterocycles. The van der Waals surface area contributed by atoms with E-state index in [9.17, 15) is 9.59 Å². The van der Waals surface area contributed by atoms with Gasteiger partial charge in [0.05, 0.1) is 6.54 Å². The molecule has 6 heteroatoms. The largest absolute Gasteiger partial charge is 0.444 e. The van der Waals surface area contributed by atoms with Crippen molar-refractivity contribution in [3.05, 3.63) is 0 Å². The number of carbonyl (C=O) groups is 2. The Labute approximate surface area is 127 Å². The maximum atomic E-state index is 11.9. The van der Waals surface area contributed by atoms with Gasteiger partial charge in [0.2, 0.25) is 5.91 Å². The monoisotopic (exact) mass is 299 g/mol. The first-order chi connectivity index (χ1) is 9.81. The molecule has 0 radical (unpaired) electrons.